The van der Waals surface area contributed by atoms with Crippen molar-refractivity contribution in [3.05, 3.63) is 82.0 Å². The zero-order valence-electron chi connectivity index (χ0n) is 19.1. The van der Waals surface area contributed by atoms with Crippen LogP contribution in [0.3, 0.4) is 0 Å². The summed E-state index contributed by atoms with van der Waals surface area (Å²) in [6.07, 6.45) is 1.39. The van der Waals surface area contributed by atoms with Crippen molar-refractivity contribution in [1.29, 1.82) is 0 Å². The number of benzene rings is 2. The maximum atomic E-state index is 13.3. The number of carbonyl (C=O) groups excluding carboxylic acids is 1. The molecule has 0 aliphatic rings. The summed E-state index contributed by atoms with van der Waals surface area (Å²) in [6, 6.07) is 13.6. The Morgan fingerprint density at radius 1 is 1.18 bits per heavy atom. The van der Waals surface area contributed by atoms with Crippen LogP contribution >= 0.6 is 11.3 Å². The molecule has 0 saturated heterocycles. The number of nitrogens with zero attached hydrogens (tertiary/aromatic N) is 3. The van der Waals surface area contributed by atoms with E-state index >= 15 is 0 Å². The van der Waals surface area contributed by atoms with Crippen molar-refractivity contribution in [3.8, 4) is 16.9 Å². The number of thiophene rings is 1. The Balaban J connectivity index is 1.51. The van der Waals surface area contributed by atoms with Gasteiger partial charge in [-0.05, 0) is 49.5 Å². The van der Waals surface area contributed by atoms with E-state index in [4.69, 9.17) is 4.74 Å². The van der Waals surface area contributed by atoms with E-state index in [1.165, 1.54) is 34.4 Å². The highest BCUT2D eigenvalue weighted by Gasteiger charge is 2.18. The molecule has 9 heteroatoms. The lowest BCUT2D eigenvalue weighted by Crippen LogP contribution is -2.37. The lowest BCUT2D eigenvalue weighted by molar-refractivity contribution is -0.121. The van der Waals surface area contributed by atoms with Crippen LogP contribution in [0.1, 0.15) is 11.6 Å². The molecule has 1 amide bonds. The first kappa shape index (κ1) is 23.6. The molecule has 2 heterocycles. The number of aromatic nitrogens is 2. The average Bonchev–Trinajstić information content (AvgIpc) is 3.26. The van der Waals surface area contributed by atoms with Gasteiger partial charge in [0, 0.05) is 17.5 Å². The number of rotatable bonds is 8. The fraction of sp³-hybridized carbons (Fsp3) is 0.240. The van der Waals surface area contributed by atoms with Gasteiger partial charge in [-0.25, -0.2) is 9.37 Å². The fourth-order valence-corrected chi connectivity index (χ4v) is 4.67. The van der Waals surface area contributed by atoms with Crippen LogP contribution in [-0.4, -0.2) is 48.1 Å². The molecule has 0 saturated carbocycles. The molecule has 7 nitrogen and oxygen atoms in total. The Hall–Kier alpha value is -3.56. The molecule has 2 aromatic carbocycles. The molecule has 0 radical (unpaired) electrons. The predicted octanol–water partition coefficient (Wildman–Crippen LogP) is 3.69. The third-order valence-corrected chi connectivity index (χ3v) is 6.53. The van der Waals surface area contributed by atoms with Crippen molar-refractivity contribution in [2.45, 2.75) is 12.6 Å². The Bertz CT molecular complexity index is 1350. The topological polar surface area (TPSA) is 76.5 Å². The number of hydrogen-bond acceptors (Lipinski definition) is 6. The Kier molecular flexibility index (Phi) is 7.04. The minimum Gasteiger partial charge on any atom is -0.497 e. The van der Waals surface area contributed by atoms with Crippen LogP contribution in [0, 0.1) is 5.82 Å². The number of halogens is 1. The van der Waals surface area contributed by atoms with Gasteiger partial charge in [0.25, 0.3) is 5.56 Å². The van der Waals surface area contributed by atoms with E-state index in [1.807, 2.05) is 48.6 Å². The summed E-state index contributed by atoms with van der Waals surface area (Å²) >= 11 is 1.34. The molecule has 0 aliphatic heterocycles. The minimum atomic E-state index is -0.346. The lowest BCUT2D eigenvalue weighted by atomic mass is 10.1. The number of ether oxygens (including phenoxy) is 1. The molecule has 176 valence electrons. The molecule has 0 aliphatic carbocycles. The summed E-state index contributed by atoms with van der Waals surface area (Å²) in [5, 5.41) is 5.18. The van der Waals surface area contributed by atoms with E-state index in [9.17, 15) is 14.0 Å². The van der Waals surface area contributed by atoms with E-state index in [0.717, 1.165) is 16.9 Å². The van der Waals surface area contributed by atoms with E-state index in [1.54, 1.807) is 19.2 Å². The third-order valence-electron chi connectivity index (χ3n) is 5.65. The van der Waals surface area contributed by atoms with Crippen LogP contribution in [0.15, 0.2) is 65.0 Å². The maximum absolute atomic E-state index is 13.3. The van der Waals surface area contributed by atoms with Gasteiger partial charge in [0.2, 0.25) is 5.91 Å². The van der Waals surface area contributed by atoms with Gasteiger partial charge >= 0.3 is 0 Å². The molecule has 2 aromatic heterocycles. The van der Waals surface area contributed by atoms with Crippen molar-refractivity contribution in [3.63, 3.8) is 0 Å². The van der Waals surface area contributed by atoms with E-state index in [-0.39, 0.29) is 29.9 Å². The molecule has 1 N–H and O–H groups in total. The normalized spacial score (nSPS) is 12.1. The van der Waals surface area contributed by atoms with Gasteiger partial charge in [0.1, 0.15) is 22.9 Å². The fourth-order valence-electron chi connectivity index (χ4n) is 3.77. The highest BCUT2D eigenvalue weighted by atomic mass is 32.1. The summed E-state index contributed by atoms with van der Waals surface area (Å²) in [6.45, 7) is 0.227. The first-order chi connectivity index (χ1) is 16.4. The maximum Gasteiger partial charge on any atom is 0.263 e. The van der Waals surface area contributed by atoms with Gasteiger partial charge in [-0.2, -0.15) is 0 Å². The Labute approximate surface area is 200 Å². The third kappa shape index (κ3) is 5.00. The molecule has 34 heavy (non-hydrogen) atoms. The second-order valence-corrected chi connectivity index (χ2v) is 8.93. The van der Waals surface area contributed by atoms with E-state index < -0.39 is 0 Å². The predicted molar refractivity (Wildman–Crippen MR) is 132 cm³/mol. The highest BCUT2D eigenvalue weighted by Crippen LogP contribution is 2.30. The van der Waals surface area contributed by atoms with Crippen LogP contribution in [0.5, 0.6) is 5.75 Å². The summed E-state index contributed by atoms with van der Waals surface area (Å²) < 4.78 is 19.8. The second-order valence-electron chi connectivity index (χ2n) is 8.07. The molecular formula is C25H25FN4O3S. The molecule has 0 unspecified atom stereocenters. The molecule has 0 spiro atoms. The number of carbonyl (C=O) groups is 1. The molecule has 1 atom stereocenters. The summed E-state index contributed by atoms with van der Waals surface area (Å²) in [4.78, 5) is 32.8. The van der Waals surface area contributed by atoms with Crippen molar-refractivity contribution in [2.75, 3.05) is 27.7 Å². The van der Waals surface area contributed by atoms with Gasteiger partial charge in [-0.15, -0.1) is 11.3 Å². The highest BCUT2D eigenvalue weighted by molar-refractivity contribution is 7.17. The second kappa shape index (κ2) is 10.1. The van der Waals surface area contributed by atoms with Crippen molar-refractivity contribution < 1.29 is 13.9 Å². The smallest absolute Gasteiger partial charge is 0.263 e. The van der Waals surface area contributed by atoms with E-state index in [2.05, 4.69) is 10.3 Å². The van der Waals surface area contributed by atoms with Crippen molar-refractivity contribution >= 4 is 27.5 Å². The van der Waals surface area contributed by atoms with Crippen molar-refractivity contribution in [2.24, 2.45) is 0 Å². The van der Waals surface area contributed by atoms with Gasteiger partial charge in [0.05, 0.1) is 24.9 Å². The lowest BCUT2D eigenvalue weighted by Gasteiger charge is -2.25. The number of fused-ring (bicyclic) bond motifs is 1. The number of likely N-dealkylation sites (N-methyl/N-ethyl adjacent to an activating group) is 1. The van der Waals surface area contributed by atoms with Gasteiger partial charge in [-0.1, -0.05) is 24.3 Å². The van der Waals surface area contributed by atoms with Gasteiger partial charge < -0.3 is 15.0 Å². The summed E-state index contributed by atoms with van der Waals surface area (Å²) in [5.41, 5.74) is 2.13. The number of nitrogens with one attached hydrogen (secondary N) is 1. The quantitative estimate of drug-likeness (QED) is 0.416. The first-order valence-electron chi connectivity index (χ1n) is 10.7. The van der Waals surface area contributed by atoms with E-state index in [0.29, 0.717) is 22.3 Å². The van der Waals surface area contributed by atoms with Crippen LogP contribution in [0.4, 0.5) is 4.39 Å². The standard InChI is InChI=1S/C25H25FN4O3S/c1-29(2)21(17-6-10-19(33-3)11-7-17)12-27-22(31)13-30-15-28-24-23(25(30)32)20(14-34-24)16-4-8-18(26)9-5-16/h4-11,14-15,21H,12-13H2,1-3H3,(H,27,31)/t21-/m0/s1. The summed E-state index contributed by atoms with van der Waals surface area (Å²) in [5.74, 6) is 0.129. The monoisotopic (exact) mass is 480 g/mol. The molecule has 0 bridgehead atoms. The van der Waals surface area contributed by atoms with Crippen molar-refractivity contribution in [1.82, 2.24) is 19.8 Å². The average molecular weight is 481 g/mol. The first-order valence-corrected chi connectivity index (χ1v) is 11.5. The Morgan fingerprint density at radius 2 is 1.88 bits per heavy atom. The SMILES string of the molecule is COc1ccc([C@H](CNC(=O)Cn2cnc3scc(-c4ccc(F)cc4)c3c2=O)N(C)C)cc1. The molecule has 4 aromatic rings. The zero-order valence-corrected chi connectivity index (χ0v) is 19.9. The molecular weight excluding hydrogens is 455 g/mol. The van der Waals surface area contributed by atoms with Crippen LogP contribution < -0.4 is 15.6 Å². The number of amides is 1. The summed E-state index contributed by atoms with van der Waals surface area (Å²) in [7, 11) is 5.50. The largest absolute Gasteiger partial charge is 0.497 e. The van der Waals surface area contributed by atoms with Gasteiger partial charge in [0.15, 0.2) is 0 Å². The van der Waals surface area contributed by atoms with Gasteiger partial charge in [-0.3, -0.25) is 14.2 Å². The van der Waals surface area contributed by atoms with Crippen LogP contribution in [0.2, 0.25) is 0 Å². The molecule has 4 rings (SSSR count). The number of hydrogen-bond donors (Lipinski definition) is 1. The minimum absolute atomic E-state index is 0.0471. The zero-order chi connectivity index (χ0) is 24.2. The Morgan fingerprint density at radius 3 is 2.53 bits per heavy atom. The van der Waals surface area contributed by atoms with Crippen LogP contribution in [-0.2, 0) is 11.3 Å². The number of methoxy groups -OCH3 is 1. The van der Waals surface area contributed by atoms with Crippen LogP contribution in [0.25, 0.3) is 21.3 Å². The molecule has 0 fully saturated rings.